The zero-order valence-corrected chi connectivity index (χ0v) is 13.0. The van der Waals surface area contributed by atoms with Crippen LogP contribution in [0.2, 0.25) is 0 Å². The van der Waals surface area contributed by atoms with E-state index in [1.165, 1.54) is 19.3 Å². The summed E-state index contributed by atoms with van der Waals surface area (Å²) in [4.78, 5) is 2.48. The summed E-state index contributed by atoms with van der Waals surface area (Å²) in [6, 6.07) is 1.27. The lowest BCUT2D eigenvalue weighted by atomic mass is 9.86. The van der Waals surface area contributed by atoms with Crippen LogP contribution in [0.4, 0.5) is 0 Å². The summed E-state index contributed by atoms with van der Waals surface area (Å²) in [5, 5.41) is 3.76. The van der Waals surface area contributed by atoms with E-state index in [4.69, 9.17) is 4.74 Å². The smallest absolute Gasteiger partial charge is 0.0593 e. The molecule has 0 aromatic rings. The Morgan fingerprint density at radius 1 is 1.33 bits per heavy atom. The van der Waals surface area contributed by atoms with Gasteiger partial charge in [-0.2, -0.15) is 0 Å². The van der Waals surface area contributed by atoms with E-state index in [0.717, 1.165) is 26.3 Å². The van der Waals surface area contributed by atoms with Gasteiger partial charge in [-0.1, -0.05) is 20.8 Å². The number of hydrogen-bond acceptors (Lipinski definition) is 3. The second kappa shape index (κ2) is 7.46. The minimum atomic E-state index is 0.416. The summed E-state index contributed by atoms with van der Waals surface area (Å²) in [5.74, 6) is 0. The zero-order chi connectivity index (χ0) is 13.6. The quantitative estimate of drug-likeness (QED) is 0.675. The molecule has 1 rings (SSSR count). The van der Waals surface area contributed by atoms with Crippen LogP contribution in [0.1, 0.15) is 47.0 Å². The van der Waals surface area contributed by atoms with Crippen LogP contribution in [0, 0.1) is 5.41 Å². The first-order valence-electron chi connectivity index (χ1n) is 7.54. The van der Waals surface area contributed by atoms with Crippen molar-refractivity contribution in [2.24, 2.45) is 5.41 Å². The topological polar surface area (TPSA) is 24.5 Å². The first-order valence-corrected chi connectivity index (χ1v) is 7.54. The van der Waals surface area contributed by atoms with Gasteiger partial charge in [0.1, 0.15) is 0 Å². The van der Waals surface area contributed by atoms with E-state index in [1.54, 1.807) is 0 Å². The van der Waals surface area contributed by atoms with Gasteiger partial charge in [0.15, 0.2) is 0 Å². The van der Waals surface area contributed by atoms with Crippen LogP contribution < -0.4 is 5.32 Å². The van der Waals surface area contributed by atoms with Crippen molar-refractivity contribution in [1.82, 2.24) is 10.2 Å². The molecule has 0 aromatic heterocycles. The van der Waals surface area contributed by atoms with Gasteiger partial charge in [-0.25, -0.2) is 0 Å². The highest BCUT2D eigenvalue weighted by atomic mass is 16.5. The molecular weight excluding hydrogens is 224 g/mol. The molecule has 1 aliphatic rings. The van der Waals surface area contributed by atoms with Gasteiger partial charge in [0, 0.05) is 25.2 Å². The summed E-state index contributed by atoms with van der Waals surface area (Å²) < 4.78 is 5.47. The molecule has 0 bridgehead atoms. The molecule has 0 heterocycles. The number of ether oxygens (including phenoxy) is 1. The van der Waals surface area contributed by atoms with Gasteiger partial charge < -0.3 is 10.1 Å². The van der Waals surface area contributed by atoms with E-state index in [0.29, 0.717) is 17.5 Å². The van der Waals surface area contributed by atoms with Crippen molar-refractivity contribution in [1.29, 1.82) is 0 Å². The molecule has 1 saturated carbocycles. The largest absolute Gasteiger partial charge is 0.380 e. The highest BCUT2D eigenvalue weighted by Crippen LogP contribution is 2.39. The lowest BCUT2D eigenvalue weighted by Crippen LogP contribution is -2.51. The van der Waals surface area contributed by atoms with Crippen molar-refractivity contribution in [2.45, 2.75) is 59.0 Å². The predicted octanol–water partition coefficient (Wildman–Crippen LogP) is 2.51. The Hall–Kier alpha value is -0.120. The van der Waals surface area contributed by atoms with Gasteiger partial charge in [0.25, 0.3) is 0 Å². The molecule has 0 radical (unpaired) electrons. The van der Waals surface area contributed by atoms with Crippen LogP contribution in [-0.4, -0.2) is 50.3 Å². The molecule has 1 fully saturated rings. The summed E-state index contributed by atoms with van der Waals surface area (Å²) in [6.45, 7) is 12.9. The molecule has 2 unspecified atom stereocenters. The third-order valence-electron chi connectivity index (χ3n) is 4.28. The minimum absolute atomic E-state index is 0.416. The Morgan fingerprint density at radius 2 is 2.06 bits per heavy atom. The van der Waals surface area contributed by atoms with Gasteiger partial charge in [-0.3, -0.25) is 4.90 Å². The molecule has 1 N–H and O–H groups in total. The molecule has 18 heavy (non-hydrogen) atoms. The van der Waals surface area contributed by atoms with Crippen molar-refractivity contribution in [3.8, 4) is 0 Å². The van der Waals surface area contributed by atoms with Crippen LogP contribution in [0.5, 0.6) is 0 Å². The van der Waals surface area contributed by atoms with E-state index >= 15 is 0 Å². The molecule has 3 nitrogen and oxygen atoms in total. The predicted molar refractivity (Wildman–Crippen MR) is 78.0 cm³/mol. The average molecular weight is 256 g/mol. The standard InChI is InChI=1S/C15H32N2O/c1-6-10-16-14-13(8-9-15(14,3)4)17(5)11-12-18-7-2/h13-14,16H,6-12H2,1-5H3. The van der Waals surface area contributed by atoms with E-state index in [2.05, 4.69) is 45.0 Å². The third-order valence-corrected chi connectivity index (χ3v) is 4.28. The van der Waals surface area contributed by atoms with Crippen LogP contribution in [0.15, 0.2) is 0 Å². The summed E-state index contributed by atoms with van der Waals surface area (Å²) in [7, 11) is 2.24. The highest BCUT2D eigenvalue weighted by Gasteiger charge is 2.42. The zero-order valence-electron chi connectivity index (χ0n) is 13.0. The van der Waals surface area contributed by atoms with Gasteiger partial charge in [-0.15, -0.1) is 0 Å². The maximum atomic E-state index is 5.47. The van der Waals surface area contributed by atoms with Crippen LogP contribution in [0.25, 0.3) is 0 Å². The fourth-order valence-corrected chi connectivity index (χ4v) is 3.07. The fraction of sp³-hybridized carbons (Fsp3) is 1.00. The van der Waals surface area contributed by atoms with Crippen LogP contribution >= 0.6 is 0 Å². The summed E-state index contributed by atoms with van der Waals surface area (Å²) in [6.07, 6.45) is 3.83. The molecule has 2 atom stereocenters. The number of nitrogens with zero attached hydrogens (tertiary/aromatic N) is 1. The number of hydrogen-bond donors (Lipinski definition) is 1. The summed E-state index contributed by atoms with van der Waals surface area (Å²) >= 11 is 0. The lowest BCUT2D eigenvalue weighted by Gasteiger charge is -2.36. The third kappa shape index (κ3) is 4.22. The Labute approximate surface area is 113 Å². The van der Waals surface area contributed by atoms with Gasteiger partial charge in [0.05, 0.1) is 6.61 Å². The second-order valence-electron chi connectivity index (χ2n) is 6.20. The van der Waals surface area contributed by atoms with Crippen molar-refractivity contribution in [2.75, 3.05) is 33.4 Å². The molecule has 0 amide bonds. The number of nitrogens with one attached hydrogen (secondary N) is 1. The maximum Gasteiger partial charge on any atom is 0.0593 e. The van der Waals surface area contributed by atoms with Gasteiger partial charge >= 0.3 is 0 Å². The molecule has 0 spiro atoms. The number of rotatable bonds is 8. The Bertz CT molecular complexity index is 231. The van der Waals surface area contributed by atoms with Gasteiger partial charge in [0.2, 0.25) is 0 Å². The van der Waals surface area contributed by atoms with Gasteiger partial charge in [-0.05, 0) is 45.2 Å². The molecule has 0 aliphatic heterocycles. The SMILES string of the molecule is CCCNC1C(N(C)CCOCC)CCC1(C)C. The van der Waals surface area contributed by atoms with Crippen molar-refractivity contribution in [3.05, 3.63) is 0 Å². The lowest BCUT2D eigenvalue weighted by molar-refractivity contribution is 0.0952. The van der Waals surface area contributed by atoms with E-state index in [9.17, 15) is 0 Å². The van der Waals surface area contributed by atoms with Crippen LogP contribution in [-0.2, 0) is 4.74 Å². The first kappa shape index (κ1) is 15.9. The Kier molecular flexibility index (Phi) is 6.61. The average Bonchev–Trinajstić information content (AvgIpc) is 2.62. The van der Waals surface area contributed by atoms with Crippen molar-refractivity contribution < 1.29 is 4.74 Å². The monoisotopic (exact) mass is 256 g/mol. The minimum Gasteiger partial charge on any atom is -0.380 e. The number of likely N-dealkylation sites (N-methyl/N-ethyl adjacent to an activating group) is 1. The Morgan fingerprint density at radius 3 is 2.67 bits per heavy atom. The Balaban J connectivity index is 2.51. The van der Waals surface area contributed by atoms with E-state index in [-0.39, 0.29) is 0 Å². The molecule has 0 aromatic carbocycles. The maximum absolute atomic E-state index is 5.47. The molecule has 1 aliphatic carbocycles. The van der Waals surface area contributed by atoms with Crippen molar-refractivity contribution >= 4 is 0 Å². The molecule has 108 valence electrons. The highest BCUT2D eigenvalue weighted by molar-refractivity contribution is 5.00. The molecular formula is C15H32N2O. The fourth-order valence-electron chi connectivity index (χ4n) is 3.07. The summed E-state index contributed by atoms with van der Waals surface area (Å²) in [5.41, 5.74) is 0.416. The van der Waals surface area contributed by atoms with E-state index in [1.807, 2.05) is 0 Å². The second-order valence-corrected chi connectivity index (χ2v) is 6.20. The normalized spacial score (nSPS) is 27.0. The van der Waals surface area contributed by atoms with Crippen LogP contribution in [0.3, 0.4) is 0 Å². The van der Waals surface area contributed by atoms with Crippen molar-refractivity contribution in [3.63, 3.8) is 0 Å². The van der Waals surface area contributed by atoms with E-state index < -0.39 is 0 Å². The first-order chi connectivity index (χ1) is 8.53. The molecule has 0 saturated heterocycles. The molecule has 3 heteroatoms.